The Labute approximate surface area is 243 Å². The van der Waals surface area contributed by atoms with Gasteiger partial charge in [-0.05, 0) is 49.4 Å². The van der Waals surface area contributed by atoms with Gasteiger partial charge in [0.2, 0.25) is 0 Å². The minimum Gasteiger partial charge on any atom is -0.214 e. The van der Waals surface area contributed by atoms with Gasteiger partial charge in [-0.3, -0.25) is 0 Å². The number of hydrogen-bond donors (Lipinski definition) is 0. The molecule has 2 bridgehead atoms. The molecule has 2 aliphatic carbocycles. The van der Waals surface area contributed by atoms with E-state index in [4.69, 9.17) is 9.78 Å². The van der Waals surface area contributed by atoms with Crippen molar-refractivity contribution in [3.63, 3.8) is 0 Å². The van der Waals surface area contributed by atoms with Crippen LogP contribution in [-0.2, 0) is 21.0 Å². The molecule has 0 amide bonds. The Morgan fingerprint density at radius 3 is 1.76 bits per heavy atom. The van der Waals surface area contributed by atoms with Crippen molar-refractivity contribution in [3.05, 3.63) is 179 Å². The van der Waals surface area contributed by atoms with Crippen LogP contribution in [0.15, 0.2) is 146 Å². The maximum atomic E-state index is 6.96. The van der Waals surface area contributed by atoms with E-state index in [1.165, 1.54) is 49.4 Å². The summed E-state index contributed by atoms with van der Waals surface area (Å²) in [6, 6.07) is 52.3. The average Bonchev–Trinajstić information content (AvgIpc) is 3.07. The molecule has 0 N–H and O–H groups in total. The van der Waals surface area contributed by atoms with Crippen molar-refractivity contribution < 1.29 is 9.78 Å². The highest BCUT2D eigenvalue weighted by molar-refractivity contribution is 6.21. The molecule has 196 valence electrons. The molecule has 0 aromatic heterocycles. The van der Waals surface area contributed by atoms with Crippen LogP contribution in [0.25, 0.3) is 43.8 Å². The van der Waals surface area contributed by atoms with Crippen molar-refractivity contribution in [2.24, 2.45) is 0 Å². The van der Waals surface area contributed by atoms with Crippen molar-refractivity contribution in [1.82, 2.24) is 0 Å². The fraction of sp³-hybridized carbons (Fsp3) is 0.0500. The number of fused-ring (bicyclic) bond motifs is 4. The zero-order valence-electron chi connectivity index (χ0n) is 22.7. The maximum absolute atomic E-state index is 6.96. The van der Waals surface area contributed by atoms with Gasteiger partial charge in [0, 0.05) is 27.8 Å². The molecule has 0 radical (unpaired) electrons. The van der Waals surface area contributed by atoms with Crippen LogP contribution in [0.1, 0.15) is 33.4 Å². The lowest BCUT2D eigenvalue weighted by molar-refractivity contribution is -0.409. The van der Waals surface area contributed by atoms with Crippen LogP contribution in [0.5, 0.6) is 0 Å². The summed E-state index contributed by atoms with van der Waals surface area (Å²) in [6.07, 6.45) is 0. The molecule has 2 heterocycles. The first kappa shape index (κ1) is 22.6. The van der Waals surface area contributed by atoms with Crippen LogP contribution in [-0.4, -0.2) is 0 Å². The van der Waals surface area contributed by atoms with Crippen molar-refractivity contribution in [2.75, 3.05) is 0 Å². The Bertz CT molecular complexity index is 2250. The van der Waals surface area contributed by atoms with Gasteiger partial charge in [0.1, 0.15) is 0 Å². The predicted molar refractivity (Wildman–Crippen MR) is 167 cm³/mol. The third-order valence-electron chi connectivity index (χ3n) is 9.71. The Morgan fingerprint density at radius 1 is 0.381 bits per heavy atom. The predicted octanol–water partition coefficient (Wildman–Crippen LogP) is 9.50. The molecule has 0 saturated carbocycles. The van der Waals surface area contributed by atoms with Gasteiger partial charge in [0.25, 0.3) is 0 Å². The molecular weight excluding hydrogens is 512 g/mol. The molecule has 0 saturated heterocycles. The van der Waals surface area contributed by atoms with E-state index < -0.39 is 11.2 Å². The normalized spacial score (nSPS) is 20.9. The quantitative estimate of drug-likeness (QED) is 0.162. The monoisotopic (exact) mass is 536 g/mol. The van der Waals surface area contributed by atoms with Gasteiger partial charge < -0.3 is 0 Å². The molecule has 2 heteroatoms. The van der Waals surface area contributed by atoms with E-state index in [1.807, 2.05) is 0 Å². The summed E-state index contributed by atoms with van der Waals surface area (Å²) in [6.45, 7) is 0. The van der Waals surface area contributed by atoms with E-state index in [9.17, 15) is 0 Å². The molecule has 2 unspecified atom stereocenters. The Hall–Kier alpha value is -5.02. The molecule has 11 rings (SSSR count). The molecule has 2 aliphatic heterocycles. The third kappa shape index (κ3) is 2.47. The van der Waals surface area contributed by atoms with Crippen molar-refractivity contribution in [3.8, 4) is 22.3 Å². The van der Waals surface area contributed by atoms with E-state index in [2.05, 4.69) is 146 Å². The summed E-state index contributed by atoms with van der Waals surface area (Å²) in [7, 11) is 0. The molecule has 1 spiro atoms. The first-order valence-electron chi connectivity index (χ1n) is 14.5. The smallest absolute Gasteiger partial charge is 0.181 e. The fourth-order valence-electron chi connectivity index (χ4n) is 8.20. The van der Waals surface area contributed by atoms with Crippen LogP contribution in [0.4, 0.5) is 0 Å². The number of hydrogen-bond acceptors (Lipinski definition) is 2. The third-order valence-corrected chi connectivity index (χ3v) is 9.71. The highest BCUT2D eigenvalue weighted by Crippen LogP contribution is 2.67. The molecule has 7 aromatic carbocycles. The highest BCUT2D eigenvalue weighted by Gasteiger charge is 2.63. The fourth-order valence-corrected chi connectivity index (χ4v) is 8.20. The molecular formula is C40H24O2. The van der Waals surface area contributed by atoms with Crippen molar-refractivity contribution >= 4 is 21.5 Å². The summed E-state index contributed by atoms with van der Waals surface area (Å²) in [4.78, 5) is 13.8. The topological polar surface area (TPSA) is 18.5 Å². The van der Waals surface area contributed by atoms with Crippen LogP contribution in [0, 0.1) is 0 Å². The van der Waals surface area contributed by atoms with E-state index in [0.29, 0.717) is 0 Å². The number of benzene rings is 7. The van der Waals surface area contributed by atoms with Crippen molar-refractivity contribution in [1.29, 1.82) is 0 Å². The van der Waals surface area contributed by atoms with Crippen LogP contribution >= 0.6 is 0 Å². The molecule has 2 nitrogen and oxygen atoms in total. The minimum atomic E-state index is -0.916. The van der Waals surface area contributed by atoms with Gasteiger partial charge in [-0.25, -0.2) is 9.78 Å². The lowest BCUT2D eigenvalue weighted by atomic mass is 9.58. The summed E-state index contributed by atoms with van der Waals surface area (Å²) in [5, 5.41) is 4.85. The summed E-state index contributed by atoms with van der Waals surface area (Å²) in [5.74, 6) is 0. The van der Waals surface area contributed by atoms with Gasteiger partial charge in [-0.15, -0.1) is 0 Å². The zero-order chi connectivity index (χ0) is 27.5. The standard InChI is InChI=1S/C40H24O2/c1-3-13-25(14-4-1)35-27-17-7-8-18-30(27)38-36-28(19-11-21-31(35)36)29-20-12-24-34-37(29)40(38)33-23-10-9-22-32(33)39(34,41-42-40)26-15-5-2-6-16-26/h1-24H. The Morgan fingerprint density at radius 2 is 0.952 bits per heavy atom. The van der Waals surface area contributed by atoms with E-state index in [1.54, 1.807) is 0 Å². The summed E-state index contributed by atoms with van der Waals surface area (Å²) < 4.78 is 0. The first-order chi connectivity index (χ1) is 20.8. The average molecular weight is 537 g/mol. The van der Waals surface area contributed by atoms with Gasteiger partial charge >= 0.3 is 0 Å². The SMILES string of the molecule is c1ccc(-c2c3ccccc3c3c4c(cccc24)-c2cccc4c2C32OOC4(c3ccccc3)c3ccccc32)cc1. The van der Waals surface area contributed by atoms with E-state index in [-0.39, 0.29) is 0 Å². The molecule has 2 atom stereocenters. The lowest BCUT2D eigenvalue weighted by Gasteiger charge is -2.56. The van der Waals surface area contributed by atoms with Gasteiger partial charge in [-0.1, -0.05) is 146 Å². The molecule has 0 fully saturated rings. The Balaban J connectivity index is 1.46. The molecule has 4 aliphatic rings. The second-order valence-electron chi connectivity index (χ2n) is 11.6. The van der Waals surface area contributed by atoms with Crippen LogP contribution in [0.3, 0.4) is 0 Å². The highest BCUT2D eigenvalue weighted by atomic mass is 17.2. The zero-order valence-corrected chi connectivity index (χ0v) is 22.7. The van der Waals surface area contributed by atoms with Gasteiger partial charge in [0.15, 0.2) is 11.2 Å². The second-order valence-corrected chi connectivity index (χ2v) is 11.6. The van der Waals surface area contributed by atoms with E-state index in [0.717, 1.165) is 27.8 Å². The Kier molecular flexibility index (Phi) is 4.22. The molecule has 7 aromatic rings. The van der Waals surface area contributed by atoms with Crippen molar-refractivity contribution in [2.45, 2.75) is 11.2 Å². The van der Waals surface area contributed by atoms with Crippen LogP contribution in [0.2, 0.25) is 0 Å². The maximum Gasteiger partial charge on any atom is 0.181 e. The van der Waals surface area contributed by atoms with E-state index >= 15 is 0 Å². The number of rotatable bonds is 2. The summed E-state index contributed by atoms with van der Waals surface area (Å²) in [5.41, 5.74) is 9.98. The minimum absolute atomic E-state index is 0.865. The van der Waals surface area contributed by atoms with Gasteiger partial charge in [-0.2, -0.15) is 0 Å². The summed E-state index contributed by atoms with van der Waals surface area (Å²) >= 11 is 0. The van der Waals surface area contributed by atoms with Crippen LogP contribution < -0.4 is 0 Å². The van der Waals surface area contributed by atoms with Gasteiger partial charge in [0.05, 0.1) is 0 Å². The lowest BCUT2D eigenvalue weighted by Crippen LogP contribution is -2.54. The molecule has 42 heavy (non-hydrogen) atoms. The second kappa shape index (κ2) is 7.83. The first-order valence-corrected chi connectivity index (χ1v) is 14.5. The largest absolute Gasteiger partial charge is 0.214 e.